The zero-order valence-electron chi connectivity index (χ0n) is 10.3. The van der Waals surface area contributed by atoms with Crippen LogP contribution in [0, 0.1) is 5.92 Å². The van der Waals surface area contributed by atoms with Crippen LogP contribution in [-0.2, 0) is 12.6 Å². The number of hydrogen-bond donors (Lipinski definition) is 2. The zero-order chi connectivity index (χ0) is 13.2. The number of nitrogens with one attached hydrogen (secondary N) is 2. The Hall–Kier alpha value is -1.23. The van der Waals surface area contributed by atoms with Gasteiger partial charge in [0, 0.05) is 12.2 Å². The fourth-order valence-electron chi connectivity index (χ4n) is 2.24. The van der Waals surface area contributed by atoms with Gasteiger partial charge in [-0.2, -0.15) is 13.2 Å². The number of fused-ring (bicyclic) bond motifs is 1. The highest BCUT2D eigenvalue weighted by molar-refractivity contribution is 5.55. The molecule has 1 aromatic rings. The summed E-state index contributed by atoms with van der Waals surface area (Å²) in [4.78, 5) is 0. The summed E-state index contributed by atoms with van der Waals surface area (Å²) in [6, 6.07) is 3.93. The highest BCUT2D eigenvalue weighted by Crippen LogP contribution is 2.33. The van der Waals surface area contributed by atoms with Gasteiger partial charge in [0.2, 0.25) is 0 Å². The number of anilines is 1. The molecule has 5 heteroatoms. The van der Waals surface area contributed by atoms with Crippen LogP contribution in [0.3, 0.4) is 0 Å². The average Bonchev–Trinajstić information content (AvgIpc) is 2.34. The lowest BCUT2D eigenvalue weighted by molar-refractivity contribution is -0.137. The van der Waals surface area contributed by atoms with Crippen LogP contribution in [0.2, 0.25) is 0 Å². The smallest absolute Gasteiger partial charge is 0.384 e. The SMILES string of the molecule is CCNCC1CNc2ccc(C(F)(F)F)cc2C1. The van der Waals surface area contributed by atoms with Gasteiger partial charge in [-0.15, -0.1) is 0 Å². The van der Waals surface area contributed by atoms with Crippen LogP contribution >= 0.6 is 0 Å². The molecule has 0 saturated carbocycles. The lowest BCUT2D eigenvalue weighted by Crippen LogP contribution is -2.32. The molecule has 18 heavy (non-hydrogen) atoms. The Kier molecular flexibility index (Phi) is 3.80. The average molecular weight is 258 g/mol. The summed E-state index contributed by atoms with van der Waals surface area (Å²) in [5.41, 5.74) is 1.03. The van der Waals surface area contributed by atoms with Crippen LogP contribution in [0.15, 0.2) is 18.2 Å². The summed E-state index contributed by atoms with van der Waals surface area (Å²) >= 11 is 0. The van der Waals surface area contributed by atoms with E-state index >= 15 is 0 Å². The van der Waals surface area contributed by atoms with E-state index in [1.165, 1.54) is 12.1 Å². The molecule has 0 saturated heterocycles. The highest BCUT2D eigenvalue weighted by Gasteiger charge is 2.31. The molecule has 1 aliphatic rings. The normalized spacial score (nSPS) is 19.2. The standard InChI is InChI=1S/C13H17F3N2/c1-2-17-7-9-5-10-6-11(13(14,15)16)3-4-12(10)18-8-9/h3-4,6,9,17-18H,2,5,7-8H2,1H3. The molecule has 2 rings (SSSR count). The quantitative estimate of drug-likeness (QED) is 0.871. The Bertz CT molecular complexity index is 415. The molecule has 1 unspecified atom stereocenters. The number of alkyl halides is 3. The van der Waals surface area contributed by atoms with Crippen molar-refractivity contribution in [2.75, 3.05) is 25.0 Å². The van der Waals surface area contributed by atoms with E-state index < -0.39 is 11.7 Å². The van der Waals surface area contributed by atoms with E-state index in [0.717, 1.165) is 37.0 Å². The minimum atomic E-state index is -4.26. The third-order valence-corrected chi connectivity index (χ3v) is 3.21. The van der Waals surface area contributed by atoms with Crippen molar-refractivity contribution in [2.45, 2.75) is 19.5 Å². The summed E-state index contributed by atoms with van der Waals surface area (Å²) in [5, 5.41) is 6.42. The molecule has 0 bridgehead atoms. The molecule has 0 spiro atoms. The van der Waals surface area contributed by atoms with Crippen molar-refractivity contribution in [1.29, 1.82) is 0 Å². The van der Waals surface area contributed by atoms with Gasteiger partial charge < -0.3 is 10.6 Å². The Labute approximate surface area is 105 Å². The Morgan fingerprint density at radius 1 is 1.39 bits per heavy atom. The molecule has 2 nitrogen and oxygen atoms in total. The molecule has 1 aliphatic heterocycles. The number of hydrogen-bond acceptors (Lipinski definition) is 2. The van der Waals surface area contributed by atoms with Gasteiger partial charge in [-0.1, -0.05) is 6.92 Å². The first-order chi connectivity index (χ1) is 8.50. The first kappa shape index (κ1) is 13.2. The van der Waals surface area contributed by atoms with Crippen LogP contribution in [0.25, 0.3) is 0 Å². The number of halogens is 3. The molecule has 2 N–H and O–H groups in total. The third-order valence-electron chi connectivity index (χ3n) is 3.21. The van der Waals surface area contributed by atoms with Crippen LogP contribution in [0.1, 0.15) is 18.1 Å². The first-order valence-electron chi connectivity index (χ1n) is 6.15. The second-order valence-corrected chi connectivity index (χ2v) is 4.63. The van der Waals surface area contributed by atoms with Crippen molar-refractivity contribution in [1.82, 2.24) is 5.32 Å². The van der Waals surface area contributed by atoms with Crippen molar-refractivity contribution in [2.24, 2.45) is 5.92 Å². The van der Waals surface area contributed by atoms with Gasteiger partial charge in [0.25, 0.3) is 0 Å². The molecule has 0 amide bonds. The monoisotopic (exact) mass is 258 g/mol. The van der Waals surface area contributed by atoms with Crippen LogP contribution in [-0.4, -0.2) is 19.6 Å². The maximum Gasteiger partial charge on any atom is 0.416 e. The fourth-order valence-corrected chi connectivity index (χ4v) is 2.24. The van der Waals surface area contributed by atoms with Crippen LogP contribution < -0.4 is 10.6 Å². The molecule has 100 valence electrons. The summed E-state index contributed by atoms with van der Waals surface area (Å²) in [6.45, 7) is 4.54. The molecule has 1 atom stereocenters. The molecular formula is C13H17F3N2. The molecule has 0 fully saturated rings. The molecule has 1 aromatic carbocycles. The molecule has 0 aliphatic carbocycles. The molecule has 0 radical (unpaired) electrons. The minimum absolute atomic E-state index is 0.348. The Morgan fingerprint density at radius 2 is 2.17 bits per heavy atom. The molecular weight excluding hydrogens is 241 g/mol. The lowest BCUT2D eigenvalue weighted by atomic mass is 9.92. The van der Waals surface area contributed by atoms with E-state index in [9.17, 15) is 13.2 Å². The van der Waals surface area contributed by atoms with Crippen molar-refractivity contribution < 1.29 is 13.2 Å². The lowest BCUT2D eigenvalue weighted by Gasteiger charge is -2.27. The largest absolute Gasteiger partial charge is 0.416 e. The van der Waals surface area contributed by atoms with E-state index in [0.29, 0.717) is 12.3 Å². The van der Waals surface area contributed by atoms with Crippen molar-refractivity contribution in [3.05, 3.63) is 29.3 Å². The summed E-state index contributed by atoms with van der Waals surface area (Å²) in [7, 11) is 0. The van der Waals surface area contributed by atoms with Gasteiger partial charge in [-0.25, -0.2) is 0 Å². The van der Waals surface area contributed by atoms with Gasteiger partial charge in [0.05, 0.1) is 5.56 Å². The first-order valence-corrected chi connectivity index (χ1v) is 6.15. The molecule has 1 heterocycles. The highest BCUT2D eigenvalue weighted by atomic mass is 19.4. The zero-order valence-corrected chi connectivity index (χ0v) is 10.3. The number of rotatable bonds is 3. The van der Waals surface area contributed by atoms with Crippen molar-refractivity contribution in [3.63, 3.8) is 0 Å². The topological polar surface area (TPSA) is 24.1 Å². The second-order valence-electron chi connectivity index (χ2n) is 4.63. The van der Waals surface area contributed by atoms with E-state index in [1.54, 1.807) is 0 Å². The van der Waals surface area contributed by atoms with E-state index in [2.05, 4.69) is 10.6 Å². The maximum atomic E-state index is 12.6. The summed E-state index contributed by atoms with van der Waals surface area (Å²) < 4.78 is 37.9. The van der Waals surface area contributed by atoms with E-state index in [1.807, 2.05) is 6.92 Å². The minimum Gasteiger partial charge on any atom is -0.384 e. The Balaban J connectivity index is 2.14. The third kappa shape index (κ3) is 2.96. The van der Waals surface area contributed by atoms with Gasteiger partial charge in [0.15, 0.2) is 0 Å². The molecule has 0 aromatic heterocycles. The predicted octanol–water partition coefficient (Wildman–Crippen LogP) is 2.90. The van der Waals surface area contributed by atoms with E-state index in [4.69, 9.17) is 0 Å². The van der Waals surface area contributed by atoms with Gasteiger partial charge in [-0.05, 0) is 49.2 Å². The van der Waals surface area contributed by atoms with Crippen LogP contribution in [0.5, 0.6) is 0 Å². The fraction of sp³-hybridized carbons (Fsp3) is 0.538. The predicted molar refractivity (Wildman–Crippen MR) is 65.7 cm³/mol. The second kappa shape index (κ2) is 5.18. The van der Waals surface area contributed by atoms with Crippen LogP contribution in [0.4, 0.5) is 18.9 Å². The van der Waals surface area contributed by atoms with Crippen molar-refractivity contribution >= 4 is 5.69 Å². The van der Waals surface area contributed by atoms with Gasteiger partial charge >= 0.3 is 6.18 Å². The van der Waals surface area contributed by atoms with Gasteiger partial charge in [-0.3, -0.25) is 0 Å². The van der Waals surface area contributed by atoms with Gasteiger partial charge in [0.1, 0.15) is 0 Å². The van der Waals surface area contributed by atoms with E-state index in [-0.39, 0.29) is 0 Å². The Morgan fingerprint density at radius 3 is 2.83 bits per heavy atom. The van der Waals surface area contributed by atoms with Crippen molar-refractivity contribution in [3.8, 4) is 0 Å². The summed E-state index contributed by atoms with van der Waals surface area (Å²) in [6.07, 6.45) is -3.57. The summed E-state index contributed by atoms with van der Waals surface area (Å²) in [5.74, 6) is 0.348. The maximum absolute atomic E-state index is 12.6. The number of benzene rings is 1.